The second-order valence-corrected chi connectivity index (χ2v) is 3.48. The van der Waals surface area contributed by atoms with Gasteiger partial charge in [-0.2, -0.15) is 5.26 Å². The maximum atomic E-state index is 11.5. The van der Waals surface area contributed by atoms with Gasteiger partial charge in [-0.3, -0.25) is 4.79 Å². The Kier molecular flexibility index (Phi) is 6.77. The molecule has 0 aromatic heterocycles. The Balaban J connectivity index is 3.77. The van der Waals surface area contributed by atoms with Crippen LogP contribution in [0, 0.1) is 11.3 Å². The highest BCUT2D eigenvalue weighted by molar-refractivity contribution is 5.76. The van der Waals surface area contributed by atoms with Crippen LogP contribution in [-0.2, 0) is 4.79 Å². The topological polar surface area (TPSA) is 70.1 Å². The minimum atomic E-state index is -0.0444. The highest BCUT2D eigenvalue weighted by Gasteiger charge is 2.12. The van der Waals surface area contributed by atoms with Crippen LogP contribution in [0.2, 0.25) is 0 Å². The first kappa shape index (κ1) is 12.9. The molecular weight excluding hydrogens is 178 g/mol. The predicted octanol–water partition coefficient (Wildman–Crippen LogP) is 0.876. The molecule has 1 amide bonds. The number of carbonyl (C=O) groups excluding carboxylic acids is 1. The molecule has 0 saturated heterocycles. The minimum Gasteiger partial charge on any atom is -0.345 e. The van der Waals surface area contributed by atoms with Crippen molar-refractivity contribution in [3.63, 3.8) is 0 Å². The fraction of sp³-hybridized carbons (Fsp3) is 0.800. The summed E-state index contributed by atoms with van der Waals surface area (Å²) in [6.07, 6.45) is 2.63. The zero-order valence-electron chi connectivity index (χ0n) is 8.99. The van der Waals surface area contributed by atoms with Gasteiger partial charge in [-0.15, -0.1) is 0 Å². The monoisotopic (exact) mass is 197 g/mol. The molecule has 0 bridgehead atoms. The van der Waals surface area contributed by atoms with Gasteiger partial charge in [-0.05, 0) is 6.42 Å². The molecule has 4 heteroatoms. The van der Waals surface area contributed by atoms with Crippen LogP contribution in [0.4, 0.5) is 0 Å². The summed E-state index contributed by atoms with van der Waals surface area (Å²) < 4.78 is 0. The van der Waals surface area contributed by atoms with Crippen LogP contribution in [-0.4, -0.2) is 30.4 Å². The molecule has 0 aliphatic heterocycles. The molecule has 0 aliphatic carbocycles. The van der Waals surface area contributed by atoms with Crippen molar-refractivity contribution in [3.05, 3.63) is 0 Å². The third-order valence-electron chi connectivity index (χ3n) is 2.08. The fourth-order valence-corrected chi connectivity index (χ4v) is 1.20. The molecule has 0 rings (SSSR count). The Hall–Kier alpha value is -1.08. The molecule has 0 fully saturated rings. The summed E-state index contributed by atoms with van der Waals surface area (Å²) in [6.45, 7) is 2.54. The zero-order valence-corrected chi connectivity index (χ0v) is 8.99. The summed E-state index contributed by atoms with van der Waals surface area (Å²) in [7, 11) is 1.71. The average molecular weight is 197 g/mol. The molecule has 14 heavy (non-hydrogen) atoms. The first-order valence-corrected chi connectivity index (χ1v) is 4.98. The van der Waals surface area contributed by atoms with Crippen LogP contribution in [0.1, 0.15) is 32.6 Å². The van der Waals surface area contributed by atoms with Gasteiger partial charge in [0.15, 0.2) is 0 Å². The van der Waals surface area contributed by atoms with E-state index < -0.39 is 0 Å². The molecule has 0 aromatic carbocycles. The van der Waals surface area contributed by atoms with E-state index in [1.165, 1.54) is 0 Å². The van der Waals surface area contributed by atoms with Gasteiger partial charge in [-0.25, -0.2) is 0 Å². The van der Waals surface area contributed by atoms with Crippen molar-refractivity contribution in [2.24, 2.45) is 5.73 Å². The lowest BCUT2D eigenvalue weighted by atomic mass is 10.1. The number of hydrogen-bond donors (Lipinski definition) is 1. The van der Waals surface area contributed by atoms with Crippen molar-refractivity contribution in [2.45, 2.75) is 38.6 Å². The van der Waals surface area contributed by atoms with Crippen LogP contribution in [0.25, 0.3) is 0 Å². The number of hydrogen-bond acceptors (Lipinski definition) is 3. The Morgan fingerprint density at radius 2 is 2.29 bits per heavy atom. The molecule has 1 atom stereocenters. The summed E-state index contributed by atoms with van der Waals surface area (Å²) in [5.74, 6) is 0.0289. The van der Waals surface area contributed by atoms with Crippen LogP contribution in [0.5, 0.6) is 0 Å². The maximum Gasteiger partial charge on any atom is 0.223 e. The zero-order chi connectivity index (χ0) is 11.0. The van der Waals surface area contributed by atoms with Crippen molar-refractivity contribution in [1.82, 2.24) is 4.90 Å². The van der Waals surface area contributed by atoms with Gasteiger partial charge in [0.25, 0.3) is 0 Å². The van der Waals surface area contributed by atoms with E-state index in [9.17, 15) is 4.79 Å². The molecule has 2 N–H and O–H groups in total. The Morgan fingerprint density at radius 1 is 1.64 bits per heavy atom. The van der Waals surface area contributed by atoms with E-state index in [0.29, 0.717) is 19.4 Å². The second-order valence-electron chi connectivity index (χ2n) is 3.48. The first-order valence-electron chi connectivity index (χ1n) is 4.98. The van der Waals surface area contributed by atoms with Crippen LogP contribution < -0.4 is 5.73 Å². The molecule has 0 spiro atoms. The summed E-state index contributed by atoms with van der Waals surface area (Å²) in [5.41, 5.74) is 5.74. The molecule has 0 aromatic rings. The maximum absolute atomic E-state index is 11.5. The predicted molar refractivity (Wildman–Crippen MR) is 55.4 cm³/mol. The standard InChI is InChI=1S/C10H19N3O/c1-3-5-9(12)8-10(14)13(2)7-4-6-11/h9H,3-5,7-8,12H2,1-2H3. The van der Waals surface area contributed by atoms with Crippen molar-refractivity contribution in [2.75, 3.05) is 13.6 Å². The van der Waals surface area contributed by atoms with Gasteiger partial charge in [0.05, 0.1) is 12.5 Å². The molecule has 0 saturated carbocycles. The van der Waals surface area contributed by atoms with Crippen molar-refractivity contribution >= 4 is 5.91 Å². The quantitative estimate of drug-likeness (QED) is 0.687. The van der Waals surface area contributed by atoms with Gasteiger partial charge in [0, 0.05) is 26.1 Å². The number of nitrogens with zero attached hydrogens (tertiary/aromatic N) is 2. The van der Waals surface area contributed by atoms with Gasteiger partial charge in [-0.1, -0.05) is 13.3 Å². The van der Waals surface area contributed by atoms with E-state index in [1.807, 2.05) is 13.0 Å². The van der Waals surface area contributed by atoms with E-state index in [2.05, 4.69) is 0 Å². The van der Waals surface area contributed by atoms with E-state index in [1.54, 1.807) is 11.9 Å². The van der Waals surface area contributed by atoms with Gasteiger partial charge in [0.1, 0.15) is 0 Å². The van der Waals surface area contributed by atoms with Crippen molar-refractivity contribution < 1.29 is 4.79 Å². The normalized spacial score (nSPS) is 11.9. The molecule has 4 nitrogen and oxygen atoms in total. The van der Waals surface area contributed by atoms with Crippen LogP contribution >= 0.6 is 0 Å². The van der Waals surface area contributed by atoms with Crippen molar-refractivity contribution in [1.29, 1.82) is 5.26 Å². The van der Waals surface area contributed by atoms with Gasteiger partial charge in [0.2, 0.25) is 5.91 Å². The highest BCUT2D eigenvalue weighted by Crippen LogP contribution is 2.01. The summed E-state index contributed by atoms with van der Waals surface area (Å²) >= 11 is 0. The first-order chi connectivity index (χ1) is 6.61. The van der Waals surface area contributed by atoms with Crippen LogP contribution in [0.15, 0.2) is 0 Å². The van der Waals surface area contributed by atoms with E-state index in [4.69, 9.17) is 11.0 Å². The third kappa shape index (κ3) is 5.55. The van der Waals surface area contributed by atoms with E-state index in [0.717, 1.165) is 12.8 Å². The molecule has 0 radical (unpaired) electrons. The second kappa shape index (κ2) is 7.34. The number of carbonyl (C=O) groups is 1. The number of amides is 1. The SMILES string of the molecule is CCCC(N)CC(=O)N(C)CCC#N. The molecular formula is C10H19N3O. The minimum absolute atomic E-state index is 0.0289. The molecule has 1 unspecified atom stereocenters. The largest absolute Gasteiger partial charge is 0.345 e. The third-order valence-corrected chi connectivity index (χ3v) is 2.08. The van der Waals surface area contributed by atoms with Gasteiger partial charge < -0.3 is 10.6 Å². The number of nitriles is 1. The number of nitrogens with two attached hydrogens (primary N) is 1. The van der Waals surface area contributed by atoms with E-state index in [-0.39, 0.29) is 11.9 Å². The van der Waals surface area contributed by atoms with E-state index >= 15 is 0 Å². The summed E-state index contributed by atoms with van der Waals surface area (Å²) in [6, 6.07) is 1.96. The van der Waals surface area contributed by atoms with Crippen molar-refractivity contribution in [3.8, 4) is 6.07 Å². The lowest BCUT2D eigenvalue weighted by Gasteiger charge is -2.17. The summed E-state index contributed by atoms with van der Waals surface area (Å²) in [5, 5.41) is 8.35. The van der Waals surface area contributed by atoms with Gasteiger partial charge >= 0.3 is 0 Å². The highest BCUT2D eigenvalue weighted by atomic mass is 16.2. The molecule has 0 aliphatic rings. The average Bonchev–Trinajstić information content (AvgIpc) is 2.14. The Morgan fingerprint density at radius 3 is 2.79 bits per heavy atom. The number of rotatable bonds is 6. The lowest BCUT2D eigenvalue weighted by Crippen LogP contribution is -2.33. The Bertz CT molecular complexity index is 210. The lowest BCUT2D eigenvalue weighted by molar-refractivity contribution is -0.130. The Labute approximate surface area is 85.7 Å². The smallest absolute Gasteiger partial charge is 0.223 e. The summed E-state index contributed by atoms with van der Waals surface area (Å²) in [4.78, 5) is 13.0. The molecule has 80 valence electrons. The fourth-order valence-electron chi connectivity index (χ4n) is 1.20. The van der Waals surface area contributed by atoms with Crippen LogP contribution in [0.3, 0.4) is 0 Å². The molecule has 0 heterocycles.